The van der Waals surface area contributed by atoms with Crippen LogP contribution in [0.3, 0.4) is 0 Å². The van der Waals surface area contributed by atoms with Crippen molar-refractivity contribution in [1.82, 2.24) is 30.5 Å². The monoisotopic (exact) mass is 534 g/mol. The molecule has 5 aromatic rings. The molecule has 0 atom stereocenters. The van der Waals surface area contributed by atoms with Gasteiger partial charge >= 0.3 is 0 Å². The van der Waals surface area contributed by atoms with E-state index in [9.17, 15) is 4.79 Å². The van der Waals surface area contributed by atoms with E-state index < -0.39 is 0 Å². The van der Waals surface area contributed by atoms with Gasteiger partial charge in [-0.25, -0.2) is 0 Å². The number of anilines is 2. The van der Waals surface area contributed by atoms with Crippen molar-refractivity contribution in [2.75, 3.05) is 36.4 Å². The summed E-state index contributed by atoms with van der Waals surface area (Å²) in [6.07, 6.45) is 11.7. The van der Waals surface area contributed by atoms with Crippen LogP contribution in [0.25, 0.3) is 44.5 Å². The molecule has 204 valence electrons. The summed E-state index contributed by atoms with van der Waals surface area (Å²) in [5.74, 6) is 0.468. The van der Waals surface area contributed by atoms with E-state index in [-0.39, 0.29) is 5.91 Å². The van der Waals surface area contributed by atoms with E-state index >= 15 is 0 Å². The van der Waals surface area contributed by atoms with E-state index in [1.165, 1.54) is 30.3 Å². The van der Waals surface area contributed by atoms with Crippen molar-refractivity contribution in [3.05, 3.63) is 55.0 Å². The molecule has 0 spiro atoms. The van der Waals surface area contributed by atoms with Crippen molar-refractivity contribution in [2.45, 2.75) is 38.5 Å². The number of nitrogens with zero attached hydrogens (tertiary/aromatic N) is 4. The highest BCUT2D eigenvalue weighted by Gasteiger charge is 2.19. The summed E-state index contributed by atoms with van der Waals surface area (Å²) in [5.41, 5.74) is 7.41. The van der Waals surface area contributed by atoms with Crippen molar-refractivity contribution in [1.29, 1.82) is 0 Å². The molecule has 6 heterocycles. The summed E-state index contributed by atoms with van der Waals surface area (Å²) in [6.45, 7) is 4.17. The largest absolute Gasteiger partial charge is 0.371 e. The van der Waals surface area contributed by atoms with Gasteiger partial charge in [0.2, 0.25) is 5.91 Å². The highest BCUT2D eigenvalue weighted by atomic mass is 16.1. The summed E-state index contributed by atoms with van der Waals surface area (Å²) in [6, 6.07) is 12.7. The van der Waals surface area contributed by atoms with Crippen LogP contribution in [0.15, 0.2) is 55.0 Å². The zero-order valence-electron chi connectivity index (χ0n) is 22.5. The molecule has 0 unspecified atom stereocenters. The number of hydrogen-bond acceptors (Lipinski definition) is 6. The van der Waals surface area contributed by atoms with Gasteiger partial charge in [0.15, 0.2) is 0 Å². The van der Waals surface area contributed by atoms with Crippen LogP contribution in [-0.2, 0) is 4.79 Å². The minimum absolute atomic E-state index is 0.0362. The Bertz CT molecular complexity index is 1660. The van der Waals surface area contributed by atoms with E-state index in [2.05, 4.69) is 64.9 Å². The maximum absolute atomic E-state index is 12.7. The minimum Gasteiger partial charge on any atom is -0.371 e. The summed E-state index contributed by atoms with van der Waals surface area (Å²) in [5, 5.41) is 16.4. The Labute approximate surface area is 232 Å². The lowest BCUT2D eigenvalue weighted by molar-refractivity contribution is -0.117. The lowest BCUT2D eigenvalue weighted by Crippen LogP contribution is -2.30. The van der Waals surface area contributed by atoms with Gasteiger partial charge in [0.1, 0.15) is 5.69 Å². The second kappa shape index (κ2) is 10.7. The van der Waals surface area contributed by atoms with Crippen LogP contribution >= 0.6 is 0 Å². The van der Waals surface area contributed by atoms with Crippen molar-refractivity contribution >= 4 is 39.1 Å². The number of piperidine rings is 2. The molecule has 4 aromatic heterocycles. The van der Waals surface area contributed by atoms with Crippen molar-refractivity contribution in [2.24, 2.45) is 5.92 Å². The molecule has 0 bridgehead atoms. The van der Waals surface area contributed by atoms with Gasteiger partial charge in [-0.05, 0) is 81.4 Å². The maximum Gasteiger partial charge on any atom is 0.224 e. The van der Waals surface area contributed by atoms with E-state index in [0.29, 0.717) is 18.0 Å². The number of nitrogens with one attached hydrogen (secondary N) is 4. The number of rotatable bonds is 6. The van der Waals surface area contributed by atoms with Gasteiger partial charge < -0.3 is 20.5 Å². The van der Waals surface area contributed by atoms with Crippen LogP contribution in [0.2, 0.25) is 0 Å². The smallest absolute Gasteiger partial charge is 0.224 e. The fourth-order valence-electron chi connectivity index (χ4n) is 6.17. The molecule has 40 heavy (non-hydrogen) atoms. The first-order valence-corrected chi connectivity index (χ1v) is 14.4. The summed E-state index contributed by atoms with van der Waals surface area (Å²) >= 11 is 0. The lowest BCUT2D eigenvalue weighted by atomic mass is 9.94. The fourth-order valence-corrected chi connectivity index (χ4v) is 6.17. The molecule has 9 nitrogen and oxygen atoms in total. The van der Waals surface area contributed by atoms with E-state index in [1.807, 2.05) is 18.3 Å². The third kappa shape index (κ3) is 4.93. The zero-order chi connectivity index (χ0) is 26.9. The number of aromatic nitrogens is 5. The number of amides is 1. The van der Waals surface area contributed by atoms with Gasteiger partial charge in [0.25, 0.3) is 0 Å². The molecule has 2 aliphatic rings. The number of carbonyl (C=O) groups is 1. The predicted molar refractivity (Wildman–Crippen MR) is 159 cm³/mol. The SMILES string of the molecule is O=C(CC1CCNCC1)Nc1cncc(-c2cc3c(-c4cc5c(N6CCCCC6)cccc5[nH]4)n[nH]c3cn2)c1. The Morgan fingerprint density at radius 3 is 2.73 bits per heavy atom. The van der Waals surface area contributed by atoms with Gasteiger partial charge in [-0.2, -0.15) is 5.10 Å². The van der Waals surface area contributed by atoms with E-state index in [0.717, 1.165) is 78.1 Å². The Kier molecular flexibility index (Phi) is 6.65. The first kappa shape index (κ1) is 24.8. The third-order valence-corrected chi connectivity index (χ3v) is 8.29. The minimum atomic E-state index is 0.0362. The van der Waals surface area contributed by atoms with Crippen LogP contribution in [0.5, 0.6) is 0 Å². The Balaban J connectivity index is 1.17. The van der Waals surface area contributed by atoms with Crippen LogP contribution in [0.1, 0.15) is 38.5 Å². The van der Waals surface area contributed by atoms with Crippen LogP contribution < -0.4 is 15.5 Å². The number of hydrogen-bond donors (Lipinski definition) is 4. The average molecular weight is 535 g/mol. The van der Waals surface area contributed by atoms with Crippen LogP contribution in [0, 0.1) is 5.92 Å². The lowest BCUT2D eigenvalue weighted by Gasteiger charge is -2.29. The Morgan fingerprint density at radius 1 is 0.975 bits per heavy atom. The number of carbonyl (C=O) groups excluding carboxylic acids is 1. The number of fused-ring (bicyclic) bond motifs is 2. The third-order valence-electron chi connectivity index (χ3n) is 8.29. The van der Waals surface area contributed by atoms with Crippen LogP contribution in [0.4, 0.5) is 11.4 Å². The van der Waals surface area contributed by atoms with E-state index in [1.54, 1.807) is 12.4 Å². The topological polar surface area (TPSA) is 115 Å². The molecule has 2 fully saturated rings. The highest BCUT2D eigenvalue weighted by molar-refractivity contribution is 6.00. The van der Waals surface area contributed by atoms with Gasteiger partial charge in [-0.1, -0.05) is 6.07 Å². The van der Waals surface area contributed by atoms with Gasteiger partial charge in [-0.3, -0.25) is 19.9 Å². The number of pyridine rings is 2. The quantitative estimate of drug-likeness (QED) is 0.229. The predicted octanol–water partition coefficient (Wildman–Crippen LogP) is 5.49. The normalized spacial score (nSPS) is 16.6. The Hall–Kier alpha value is -4.24. The molecule has 0 aliphatic carbocycles. The molecule has 0 saturated carbocycles. The summed E-state index contributed by atoms with van der Waals surface area (Å²) < 4.78 is 0. The second-order valence-electron chi connectivity index (χ2n) is 11.1. The van der Waals surface area contributed by atoms with Gasteiger partial charge in [-0.15, -0.1) is 0 Å². The molecule has 2 aliphatic heterocycles. The first-order chi connectivity index (χ1) is 19.7. The zero-order valence-corrected chi connectivity index (χ0v) is 22.5. The Morgan fingerprint density at radius 2 is 1.85 bits per heavy atom. The molecule has 1 aromatic carbocycles. The number of benzene rings is 1. The van der Waals surface area contributed by atoms with Crippen molar-refractivity contribution in [3.63, 3.8) is 0 Å². The number of H-pyrrole nitrogens is 2. The van der Waals surface area contributed by atoms with Crippen molar-refractivity contribution in [3.8, 4) is 22.6 Å². The van der Waals surface area contributed by atoms with Gasteiger partial charge in [0.05, 0.1) is 35.0 Å². The highest BCUT2D eigenvalue weighted by Crippen LogP contribution is 2.35. The maximum atomic E-state index is 12.7. The van der Waals surface area contributed by atoms with Crippen LogP contribution in [-0.4, -0.2) is 57.2 Å². The fraction of sp³-hybridized carbons (Fsp3) is 0.355. The molecule has 4 N–H and O–H groups in total. The second-order valence-corrected chi connectivity index (χ2v) is 11.1. The summed E-state index contributed by atoms with van der Waals surface area (Å²) in [7, 11) is 0. The molecule has 1 amide bonds. The standard InChI is InChI=1S/C31H34N8O/c40-30(13-20-7-9-32-10-8-20)35-22-14-21(17-33-18-22)26-16-24-28(19-34-26)37-38-31(24)27-15-23-25(36-27)5-4-6-29(23)39-11-2-1-3-12-39/h4-6,14-20,32,36H,1-3,7-13H2,(H,35,40)(H,37,38). The molecule has 7 rings (SSSR count). The average Bonchev–Trinajstić information content (AvgIpc) is 3.62. The first-order valence-electron chi connectivity index (χ1n) is 14.4. The van der Waals surface area contributed by atoms with Gasteiger partial charge in [0, 0.05) is 53.2 Å². The number of aromatic amines is 2. The molecular formula is C31H34N8O. The van der Waals surface area contributed by atoms with E-state index in [4.69, 9.17) is 0 Å². The summed E-state index contributed by atoms with van der Waals surface area (Å²) in [4.78, 5) is 27.8. The molecule has 9 heteroatoms. The molecular weight excluding hydrogens is 500 g/mol. The molecule has 2 saturated heterocycles. The molecule has 0 radical (unpaired) electrons. The van der Waals surface area contributed by atoms with Crippen molar-refractivity contribution < 1.29 is 4.79 Å².